The van der Waals surface area contributed by atoms with E-state index in [1.807, 2.05) is 0 Å². The normalized spacial score (nSPS) is 42.2. The number of amidine groups is 1. The highest BCUT2D eigenvalue weighted by Gasteiger charge is 2.73. The molecule has 2 aliphatic heterocycles. The van der Waals surface area contributed by atoms with Gasteiger partial charge >= 0.3 is 5.97 Å². The molecule has 4 aliphatic carbocycles. The van der Waals surface area contributed by atoms with Gasteiger partial charge in [-0.2, -0.15) is 5.10 Å². The topological polar surface area (TPSA) is 128 Å². The Morgan fingerprint density at radius 3 is 2.44 bits per heavy atom. The van der Waals surface area contributed by atoms with Crippen LogP contribution in [-0.2, 0) is 14.3 Å². The summed E-state index contributed by atoms with van der Waals surface area (Å²) in [6, 6.07) is 0.186. The minimum Gasteiger partial charge on any atom is -0.481 e. The first-order valence-electron chi connectivity index (χ1n) is 21.3. The Morgan fingerprint density at radius 2 is 1.80 bits per heavy atom. The molecule has 0 unspecified atom stereocenters. The van der Waals surface area contributed by atoms with Crippen LogP contribution in [0, 0.1) is 62.6 Å². The number of carboxylic acids is 1. The molecule has 302 valence electrons. The molecule has 1 saturated heterocycles. The molecule has 0 aromatic carbocycles. The summed E-state index contributed by atoms with van der Waals surface area (Å²) in [6.45, 7) is 30.6. The second-order valence-corrected chi connectivity index (χ2v) is 21.1. The summed E-state index contributed by atoms with van der Waals surface area (Å²) in [5.74, 6) is 2.17. The van der Waals surface area contributed by atoms with Crippen LogP contribution in [0.4, 0.5) is 0 Å². The maximum atomic E-state index is 13.7. The van der Waals surface area contributed by atoms with E-state index in [-0.39, 0.29) is 40.2 Å². The highest BCUT2D eigenvalue weighted by molar-refractivity contribution is 5.96. The minimum absolute atomic E-state index is 0.109. The monoisotopic (exact) mass is 749 g/mol. The maximum Gasteiger partial charge on any atom is 0.307 e. The predicted molar refractivity (Wildman–Crippen MR) is 213 cm³/mol. The molecule has 0 spiro atoms. The van der Waals surface area contributed by atoms with Crippen LogP contribution >= 0.6 is 0 Å². The first kappa shape index (κ1) is 39.9. The standard InChI is InChI=1S/C44H72N6O4/c1-26(2)29(7)40(9)17-18-41(10)30-13-14-33-39(8)21-32(50-37(47-25-48-50)36-46-19-20-49(36)28(5)6)35(54-23-43(12,45)27(3)4)44(33,24-53-22-39)31(30)15-16-42(41,11)34(40)38(51)52/h15,25-30,32-35H,13-14,16-24,45H2,1-12H3,(H,51,52)/t29-,30+,32-,33-,34-,35+,39-,40-,41-,42+,43+,44+/m1/s1. The Labute approximate surface area is 325 Å². The zero-order chi connectivity index (χ0) is 39.4. The summed E-state index contributed by atoms with van der Waals surface area (Å²) in [6.07, 6.45) is 9.62. The van der Waals surface area contributed by atoms with Crippen molar-refractivity contribution in [2.24, 2.45) is 73.3 Å². The van der Waals surface area contributed by atoms with Crippen LogP contribution in [0.3, 0.4) is 0 Å². The molecule has 2 bridgehead atoms. The van der Waals surface area contributed by atoms with Gasteiger partial charge in [-0.1, -0.05) is 74.0 Å². The van der Waals surface area contributed by atoms with E-state index < -0.39 is 28.3 Å². The van der Waals surface area contributed by atoms with E-state index in [0.29, 0.717) is 43.6 Å². The summed E-state index contributed by atoms with van der Waals surface area (Å²) in [5.41, 5.74) is 6.54. The number of aromatic nitrogens is 3. The lowest BCUT2D eigenvalue weighted by molar-refractivity contribution is -0.254. The fourth-order valence-corrected chi connectivity index (χ4v) is 13.3. The molecule has 10 nitrogen and oxygen atoms in total. The van der Waals surface area contributed by atoms with Crippen molar-refractivity contribution < 1.29 is 19.4 Å². The Hall–Kier alpha value is -2.30. The Morgan fingerprint density at radius 1 is 1.07 bits per heavy atom. The van der Waals surface area contributed by atoms with Gasteiger partial charge in [-0.15, -0.1) is 0 Å². The third-order valence-electron chi connectivity index (χ3n) is 17.5. The lowest BCUT2D eigenvalue weighted by atomic mass is 9.34. The van der Waals surface area contributed by atoms with Crippen LogP contribution < -0.4 is 5.73 Å². The van der Waals surface area contributed by atoms with E-state index in [4.69, 9.17) is 30.3 Å². The van der Waals surface area contributed by atoms with Gasteiger partial charge in [0.25, 0.3) is 0 Å². The first-order chi connectivity index (χ1) is 25.2. The van der Waals surface area contributed by atoms with E-state index in [2.05, 4.69) is 98.7 Å². The number of carbonyl (C=O) groups is 1. The van der Waals surface area contributed by atoms with Crippen molar-refractivity contribution in [2.75, 3.05) is 32.9 Å². The molecule has 7 rings (SSSR count). The predicted octanol–water partition coefficient (Wildman–Crippen LogP) is 7.64. The lowest BCUT2D eigenvalue weighted by Gasteiger charge is -2.71. The Balaban J connectivity index is 1.39. The summed E-state index contributed by atoms with van der Waals surface area (Å²) < 4.78 is 16.4. The minimum atomic E-state index is -0.630. The molecule has 1 aromatic rings. The van der Waals surface area contributed by atoms with Gasteiger partial charge in [0.2, 0.25) is 0 Å². The van der Waals surface area contributed by atoms with Crippen molar-refractivity contribution in [3.05, 3.63) is 23.8 Å². The third kappa shape index (κ3) is 5.55. The van der Waals surface area contributed by atoms with Crippen LogP contribution in [0.1, 0.15) is 133 Å². The molecule has 3 saturated carbocycles. The van der Waals surface area contributed by atoms with Gasteiger partial charge in [-0.25, -0.2) is 9.67 Å². The largest absolute Gasteiger partial charge is 0.481 e. The van der Waals surface area contributed by atoms with Gasteiger partial charge in [0.1, 0.15) is 6.33 Å². The van der Waals surface area contributed by atoms with Crippen LogP contribution in [0.5, 0.6) is 0 Å². The molecule has 0 radical (unpaired) electrons. The highest BCUT2D eigenvalue weighted by atomic mass is 16.5. The highest BCUT2D eigenvalue weighted by Crippen LogP contribution is 2.75. The van der Waals surface area contributed by atoms with Crippen molar-refractivity contribution in [1.29, 1.82) is 0 Å². The average molecular weight is 749 g/mol. The second kappa shape index (κ2) is 13.4. The summed E-state index contributed by atoms with van der Waals surface area (Å²) in [4.78, 5) is 25.9. The van der Waals surface area contributed by atoms with Crippen LogP contribution in [0.15, 0.2) is 23.0 Å². The third-order valence-corrected chi connectivity index (χ3v) is 17.5. The van der Waals surface area contributed by atoms with Crippen molar-refractivity contribution in [3.8, 4) is 0 Å². The number of nitrogens with two attached hydrogens (primary N) is 1. The molecule has 3 heterocycles. The number of carboxylic acid groups (broad SMARTS) is 1. The molecule has 4 fully saturated rings. The summed E-state index contributed by atoms with van der Waals surface area (Å²) in [5, 5.41) is 16.3. The SMILES string of the molecule is CC(C)[C@@H](C)[C@@]1(C)CC[C@]2(C)[C@H]3CC[C@@H]4[C@@]5(C)COC[C@@]4(C3=CC[C@@]2(C)[C@@H]1C(=O)O)[C@@H](OC[C@](C)(N)C(C)C)[C@H](n1ncnc1C1=NCCN1C(C)C)C5. The van der Waals surface area contributed by atoms with E-state index >= 15 is 0 Å². The number of hydrogen-bond donors (Lipinski definition) is 2. The van der Waals surface area contributed by atoms with Gasteiger partial charge in [0.05, 0.1) is 44.4 Å². The molecule has 54 heavy (non-hydrogen) atoms. The number of hydrogen-bond acceptors (Lipinski definition) is 8. The lowest BCUT2D eigenvalue weighted by Crippen LogP contribution is -2.70. The molecular formula is C44H72N6O4. The van der Waals surface area contributed by atoms with E-state index in [1.54, 1.807) is 6.33 Å². The van der Waals surface area contributed by atoms with Crippen molar-refractivity contribution in [2.45, 2.75) is 145 Å². The molecule has 6 aliphatic rings. The molecule has 12 atom stereocenters. The number of rotatable bonds is 10. The van der Waals surface area contributed by atoms with Gasteiger partial charge in [-0.05, 0) is 111 Å². The van der Waals surface area contributed by atoms with Crippen molar-refractivity contribution in [3.63, 3.8) is 0 Å². The zero-order valence-electron chi connectivity index (χ0n) is 35.6. The zero-order valence-corrected chi connectivity index (χ0v) is 35.6. The van der Waals surface area contributed by atoms with E-state index in [0.717, 1.165) is 63.3 Å². The number of ether oxygens (including phenoxy) is 2. The number of nitrogens with zero attached hydrogens (tertiary/aromatic N) is 5. The van der Waals surface area contributed by atoms with Gasteiger partial charge < -0.3 is 25.2 Å². The fourth-order valence-electron chi connectivity index (χ4n) is 13.3. The molecule has 3 N–H and O–H groups in total. The van der Waals surface area contributed by atoms with Crippen LogP contribution in [-0.4, -0.2) is 87.2 Å². The fraction of sp³-hybridized carbons (Fsp3) is 0.864. The molecule has 0 amide bonds. The summed E-state index contributed by atoms with van der Waals surface area (Å²) in [7, 11) is 0. The quantitative estimate of drug-likeness (QED) is 0.234. The number of allylic oxidation sites excluding steroid dienone is 1. The maximum absolute atomic E-state index is 13.7. The Kier molecular flexibility index (Phi) is 9.90. The first-order valence-corrected chi connectivity index (χ1v) is 21.3. The number of fused-ring (bicyclic) bond motifs is 3. The Bertz CT molecular complexity index is 1670. The van der Waals surface area contributed by atoms with Crippen LogP contribution in [0.25, 0.3) is 0 Å². The van der Waals surface area contributed by atoms with Gasteiger partial charge in [-0.3, -0.25) is 9.79 Å². The number of aliphatic imine (C=N–C) groups is 1. The molecule has 1 aromatic heterocycles. The second-order valence-electron chi connectivity index (χ2n) is 21.1. The van der Waals surface area contributed by atoms with E-state index in [1.165, 1.54) is 5.57 Å². The van der Waals surface area contributed by atoms with Gasteiger partial charge in [0.15, 0.2) is 11.7 Å². The van der Waals surface area contributed by atoms with Crippen molar-refractivity contribution >= 4 is 11.8 Å². The molecular weight excluding hydrogens is 677 g/mol. The van der Waals surface area contributed by atoms with E-state index in [9.17, 15) is 9.90 Å². The smallest absolute Gasteiger partial charge is 0.307 e. The average Bonchev–Trinajstić information content (AvgIpc) is 3.78. The van der Waals surface area contributed by atoms with Gasteiger partial charge in [0, 0.05) is 23.5 Å². The van der Waals surface area contributed by atoms with Crippen LogP contribution in [0.2, 0.25) is 0 Å². The molecule has 10 heteroatoms. The number of aliphatic carboxylic acids is 1. The summed E-state index contributed by atoms with van der Waals surface area (Å²) >= 11 is 0. The van der Waals surface area contributed by atoms with Crippen molar-refractivity contribution in [1.82, 2.24) is 19.7 Å².